The Morgan fingerprint density at radius 2 is 2.00 bits per heavy atom. The minimum Gasteiger partial charge on any atom is -0.325 e. The van der Waals surface area contributed by atoms with Crippen LogP contribution in [0.15, 0.2) is 41.8 Å². The summed E-state index contributed by atoms with van der Waals surface area (Å²) in [5.74, 6) is -0.772. The Balaban J connectivity index is 1.55. The van der Waals surface area contributed by atoms with Crippen LogP contribution in [0.2, 0.25) is 0 Å². The number of hydrogen-bond donors (Lipinski definition) is 1. The summed E-state index contributed by atoms with van der Waals surface area (Å²) in [6.45, 7) is 2.35. The molecule has 3 heterocycles. The van der Waals surface area contributed by atoms with Gasteiger partial charge in [0.1, 0.15) is 0 Å². The smallest absolute Gasteiger partial charge is 0.321 e. The highest BCUT2D eigenvalue weighted by Gasteiger charge is 2.43. The van der Waals surface area contributed by atoms with Crippen molar-refractivity contribution in [3.63, 3.8) is 0 Å². The molecule has 0 saturated carbocycles. The van der Waals surface area contributed by atoms with Gasteiger partial charge in [0.05, 0.1) is 18.1 Å². The number of nitrogens with one attached hydrogen (secondary N) is 1. The van der Waals surface area contributed by atoms with E-state index >= 15 is 0 Å². The first-order chi connectivity index (χ1) is 12.5. The summed E-state index contributed by atoms with van der Waals surface area (Å²) < 4.78 is 29.3. The van der Waals surface area contributed by atoms with Crippen molar-refractivity contribution >= 4 is 23.5 Å². The summed E-state index contributed by atoms with van der Waals surface area (Å²) >= 11 is 0.584. The number of aromatic nitrogens is 3. The van der Waals surface area contributed by atoms with Gasteiger partial charge in [-0.1, -0.05) is 11.8 Å². The highest BCUT2D eigenvalue weighted by molar-refractivity contribution is 8.00. The number of carbonyl (C=O) groups is 1. The van der Waals surface area contributed by atoms with Crippen molar-refractivity contribution in [3.8, 4) is 0 Å². The van der Waals surface area contributed by atoms with Crippen LogP contribution in [0.5, 0.6) is 0 Å². The van der Waals surface area contributed by atoms with Gasteiger partial charge >= 0.3 is 11.3 Å². The Kier molecular flexibility index (Phi) is 5.65. The quantitative estimate of drug-likeness (QED) is 0.818. The zero-order valence-corrected chi connectivity index (χ0v) is 15.0. The lowest BCUT2D eigenvalue weighted by atomic mass is 9.97. The molecule has 0 bridgehead atoms. The Morgan fingerprint density at radius 3 is 2.65 bits per heavy atom. The third-order valence-corrected chi connectivity index (χ3v) is 5.59. The van der Waals surface area contributed by atoms with E-state index in [9.17, 15) is 13.6 Å². The summed E-state index contributed by atoms with van der Waals surface area (Å²) in [5.41, 5.74) is 1.26. The van der Waals surface area contributed by atoms with Gasteiger partial charge in [0.25, 0.3) is 0 Å². The molecule has 0 aromatic carbocycles. The lowest BCUT2D eigenvalue weighted by molar-refractivity contribution is 0.00998. The maximum atomic E-state index is 14.7. The van der Waals surface area contributed by atoms with Crippen LogP contribution >= 0.6 is 11.8 Å². The van der Waals surface area contributed by atoms with Crippen molar-refractivity contribution < 1.29 is 13.6 Å². The molecule has 6 nitrogen and oxygen atoms in total. The number of piperidine rings is 1. The first kappa shape index (κ1) is 18.5. The highest BCUT2D eigenvalue weighted by Crippen LogP contribution is 2.46. The second kappa shape index (κ2) is 7.94. The fraction of sp³-hybridized carbons (Fsp3) is 0.412. The van der Waals surface area contributed by atoms with E-state index in [0.29, 0.717) is 35.4 Å². The molecule has 2 aromatic rings. The van der Waals surface area contributed by atoms with Gasteiger partial charge in [-0.2, -0.15) is 19.0 Å². The normalized spacial score (nSPS) is 15.7. The molecule has 2 amide bonds. The van der Waals surface area contributed by atoms with Gasteiger partial charge in [0.15, 0.2) is 0 Å². The molecule has 2 aromatic heterocycles. The number of rotatable bonds is 4. The largest absolute Gasteiger partial charge is 0.325 e. The minimum atomic E-state index is -2.89. The van der Waals surface area contributed by atoms with Gasteiger partial charge in [0.2, 0.25) is 0 Å². The first-order valence-corrected chi connectivity index (χ1v) is 9.07. The van der Waals surface area contributed by atoms with E-state index in [0.717, 1.165) is 5.56 Å². The van der Waals surface area contributed by atoms with Gasteiger partial charge in [-0.25, -0.2) is 4.79 Å². The second-order valence-electron chi connectivity index (χ2n) is 6.13. The van der Waals surface area contributed by atoms with Gasteiger partial charge in [0, 0.05) is 36.3 Å². The predicted molar refractivity (Wildman–Crippen MR) is 95.1 cm³/mol. The maximum Gasteiger partial charge on any atom is 0.321 e. The van der Waals surface area contributed by atoms with Crippen LogP contribution in [-0.4, -0.2) is 44.5 Å². The molecule has 9 heteroatoms. The number of likely N-dealkylation sites (tertiary alicyclic amines) is 1. The zero-order valence-electron chi connectivity index (χ0n) is 14.2. The fourth-order valence-electron chi connectivity index (χ4n) is 2.79. The van der Waals surface area contributed by atoms with Crippen LogP contribution in [0.1, 0.15) is 18.4 Å². The molecule has 1 N–H and O–H groups in total. The fourth-order valence-corrected chi connectivity index (χ4v) is 3.83. The summed E-state index contributed by atoms with van der Waals surface area (Å²) in [6, 6.07) is 2.93. The zero-order chi connectivity index (χ0) is 18.6. The average molecular weight is 379 g/mol. The lowest BCUT2D eigenvalue weighted by Crippen LogP contribution is -2.44. The van der Waals surface area contributed by atoms with Gasteiger partial charge in [-0.15, -0.1) is 0 Å². The average Bonchev–Trinajstić information content (AvgIpc) is 2.64. The number of hydrogen-bond acceptors (Lipinski definition) is 5. The number of aryl methyl sites for hydroxylation is 1. The van der Waals surface area contributed by atoms with Crippen molar-refractivity contribution in [2.75, 3.05) is 18.4 Å². The number of nitrogens with zero attached hydrogens (tertiary/aromatic N) is 4. The Labute approximate surface area is 154 Å². The molecule has 0 unspecified atom stereocenters. The van der Waals surface area contributed by atoms with Gasteiger partial charge < -0.3 is 10.2 Å². The molecule has 26 heavy (non-hydrogen) atoms. The molecule has 0 atom stereocenters. The summed E-state index contributed by atoms with van der Waals surface area (Å²) in [4.78, 5) is 18.2. The van der Waals surface area contributed by atoms with Crippen LogP contribution in [0.25, 0.3) is 0 Å². The third-order valence-electron chi connectivity index (χ3n) is 4.31. The molecular weight excluding hydrogens is 360 g/mol. The number of anilines is 1. The number of halogens is 2. The topological polar surface area (TPSA) is 71.0 Å². The molecular formula is C17H19F2N5OS. The van der Waals surface area contributed by atoms with Crippen LogP contribution < -0.4 is 5.32 Å². The van der Waals surface area contributed by atoms with Crippen LogP contribution in [0.3, 0.4) is 0 Å². The van der Waals surface area contributed by atoms with Crippen LogP contribution in [-0.2, 0) is 0 Å². The van der Waals surface area contributed by atoms with Crippen molar-refractivity contribution in [3.05, 3.63) is 42.5 Å². The molecule has 3 rings (SSSR count). The second-order valence-corrected chi connectivity index (χ2v) is 7.32. The third kappa shape index (κ3) is 4.46. The minimum absolute atomic E-state index is 0.256. The monoisotopic (exact) mass is 379 g/mol. The van der Waals surface area contributed by atoms with E-state index in [1.807, 2.05) is 0 Å². The van der Waals surface area contributed by atoms with E-state index < -0.39 is 11.2 Å². The summed E-state index contributed by atoms with van der Waals surface area (Å²) in [5, 5.41) is 7.13. The van der Waals surface area contributed by atoms with E-state index in [2.05, 4.69) is 20.5 Å². The molecule has 138 valence electrons. The Bertz CT molecular complexity index is 754. The standard InChI is InChI=1S/C17H19F2N5OS/c1-12-10-20-6-3-15(12)26-17(18,19)13-4-8-24(9-5-13)16(25)23-14-2-7-21-22-11-14/h2-3,6-7,10-11,13H,4-5,8-9H2,1H3,(H,21,23,25). The van der Waals surface area contributed by atoms with E-state index in [1.54, 1.807) is 30.2 Å². The number of amides is 2. The number of carbonyl (C=O) groups excluding carboxylic acids is 1. The van der Waals surface area contributed by atoms with Gasteiger partial charge in [-0.3, -0.25) is 4.98 Å². The molecule has 1 fully saturated rings. The highest BCUT2D eigenvalue weighted by atomic mass is 32.2. The summed E-state index contributed by atoms with van der Waals surface area (Å²) in [6.07, 6.45) is 6.52. The van der Waals surface area contributed by atoms with Crippen molar-refractivity contribution in [1.82, 2.24) is 20.1 Å². The Morgan fingerprint density at radius 1 is 1.23 bits per heavy atom. The summed E-state index contributed by atoms with van der Waals surface area (Å²) in [7, 11) is 0. The number of thioether (sulfide) groups is 1. The molecule has 0 aliphatic carbocycles. The molecule has 0 spiro atoms. The first-order valence-electron chi connectivity index (χ1n) is 8.26. The predicted octanol–water partition coefficient (Wildman–Crippen LogP) is 3.81. The van der Waals surface area contributed by atoms with Crippen LogP contribution in [0.4, 0.5) is 19.3 Å². The van der Waals surface area contributed by atoms with E-state index in [1.165, 1.54) is 18.6 Å². The molecule has 1 aliphatic heterocycles. The van der Waals surface area contributed by atoms with Crippen molar-refractivity contribution in [2.45, 2.75) is 29.9 Å². The molecule has 0 radical (unpaired) electrons. The van der Waals surface area contributed by atoms with Crippen molar-refractivity contribution in [2.24, 2.45) is 5.92 Å². The van der Waals surface area contributed by atoms with E-state index in [-0.39, 0.29) is 18.9 Å². The van der Waals surface area contributed by atoms with Gasteiger partial charge in [-0.05, 0) is 37.5 Å². The van der Waals surface area contributed by atoms with Crippen LogP contribution in [0, 0.1) is 12.8 Å². The molecule has 1 saturated heterocycles. The molecule has 1 aliphatic rings. The Hall–Kier alpha value is -2.29. The number of urea groups is 1. The SMILES string of the molecule is Cc1cnccc1SC(F)(F)C1CCN(C(=O)Nc2ccnnc2)CC1. The lowest BCUT2D eigenvalue weighted by Gasteiger charge is -2.35. The van der Waals surface area contributed by atoms with E-state index in [4.69, 9.17) is 0 Å². The van der Waals surface area contributed by atoms with Crippen molar-refractivity contribution in [1.29, 1.82) is 0 Å². The maximum absolute atomic E-state index is 14.7. The number of pyridine rings is 1. The number of alkyl halides is 2.